The van der Waals surface area contributed by atoms with Gasteiger partial charge in [-0.1, -0.05) is 166 Å². The van der Waals surface area contributed by atoms with Crippen LogP contribution in [-0.4, -0.2) is 6.04 Å². The molecular weight excluding hydrogens is 713 g/mol. The highest BCUT2D eigenvalue weighted by Crippen LogP contribution is 2.50. The second kappa shape index (κ2) is 15.5. The van der Waals surface area contributed by atoms with E-state index >= 15 is 0 Å². The average Bonchev–Trinajstić information content (AvgIpc) is 3.53. The third kappa shape index (κ3) is 6.95. The Morgan fingerprint density at radius 2 is 0.864 bits per heavy atom. The van der Waals surface area contributed by atoms with Crippen molar-refractivity contribution >= 4 is 34.0 Å². The molecule has 1 unspecified atom stereocenters. The number of para-hydroxylation sites is 1. The summed E-state index contributed by atoms with van der Waals surface area (Å²) in [4.78, 5) is 4.94. The van der Waals surface area contributed by atoms with Gasteiger partial charge >= 0.3 is 0 Å². The maximum absolute atomic E-state index is 2.56. The molecule has 0 aromatic heterocycles. The van der Waals surface area contributed by atoms with Crippen LogP contribution in [0.2, 0.25) is 0 Å². The largest absolute Gasteiger partial charge is 0.338 e. The van der Waals surface area contributed by atoms with Crippen molar-refractivity contribution in [3.05, 3.63) is 229 Å². The fourth-order valence-electron chi connectivity index (χ4n) is 9.47. The number of allylic oxidation sites excluding steroid dienone is 1. The molecule has 0 amide bonds. The van der Waals surface area contributed by atoms with Crippen LogP contribution in [-0.2, 0) is 5.41 Å². The summed E-state index contributed by atoms with van der Waals surface area (Å²) < 4.78 is 0. The molecule has 0 aliphatic heterocycles. The summed E-state index contributed by atoms with van der Waals surface area (Å²) in [6, 6.07) is 75.9. The lowest BCUT2D eigenvalue weighted by Gasteiger charge is -2.36. The van der Waals surface area contributed by atoms with Gasteiger partial charge < -0.3 is 9.80 Å². The molecule has 8 aromatic carbocycles. The number of fused-ring (bicyclic) bond motifs is 3. The number of benzene rings is 8. The van der Waals surface area contributed by atoms with Crippen LogP contribution >= 0.6 is 0 Å². The third-order valence-corrected chi connectivity index (χ3v) is 12.6. The Hall–Kier alpha value is -6.90. The van der Waals surface area contributed by atoms with Gasteiger partial charge in [0.1, 0.15) is 0 Å². The molecule has 0 bridgehead atoms. The van der Waals surface area contributed by atoms with Crippen LogP contribution in [0.1, 0.15) is 49.8 Å². The molecule has 0 spiro atoms. The smallest absolute Gasteiger partial charge is 0.0468 e. The summed E-state index contributed by atoms with van der Waals surface area (Å²) >= 11 is 0. The normalized spacial score (nSPS) is 15.2. The van der Waals surface area contributed by atoms with Crippen LogP contribution < -0.4 is 9.80 Å². The van der Waals surface area contributed by atoms with Crippen molar-refractivity contribution in [2.75, 3.05) is 9.80 Å². The number of rotatable bonds is 9. The highest BCUT2D eigenvalue weighted by atomic mass is 15.2. The van der Waals surface area contributed by atoms with E-state index in [2.05, 4.69) is 236 Å². The standard InChI is InChI=1S/C57H48N2/c1-57(2)55-21-13-12-20-53(55)54-40-52(38-39-56(54)57)59(47-18-10-5-11-19-47)51-36-28-46(29-37-51)45-26-34-50(35-27-45)58(48-30-22-43(23-31-48)41-14-6-3-7-15-41)49-32-24-44(25-33-49)42-16-8-4-9-17-42/h3-24,26-31,34-40,49H,25,32-33H2,1-2H3. The molecular formula is C57H48N2. The average molecular weight is 761 g/mol. The molecule has 0 radical (unpaired) electrons. The minimum atomic E-state index is -0.0252. The first-order valence-corrected chi connectivity index (χ1v) is 21.0. The molecule has 10 rings (SSSR count). The minimum Gasteiger partial charge on any atom is -0.338 e. The molecule has 59 heavy (non-hydrogen) atoms. The van der Waals surface area contributed by atoms with E-state index in [1.807, 2.05) is 0 Å². The molecule has 0 saturated carbocycles. The topological polar surface area (TPSA) is 6.48 Å². The first-order chi connectivity index (χ1) is 29.0. The fraction of sp³-hybridized carbons (Fsp3) is 0.123. The van der Waals surface area contributed by atoms with E-state index in [4.69, 9.17) is 0 Å². The summed E-state index contributed by atoms with van der Waals surface area (Å²) in [5.74, 6) is 0. The van der Waals surface area contributed by atoms with Gasteiger partial charge in [0.25, 0.3) is 0 Å². The Morgan fingerprint density at radius 3 is 1.44 bits per heavy atom. The second-order valence-electron chi connectivity index (χ2n) is 16.5. The van der Waals surface area contributed by atoms with E-state index in [0.717, 1.165) is 36.3 Å². The number of nitrogens with zero attached hydrogens (tertiary/aromatic N) is 2. The summed E-state index contributed by atoms with van der Waals surface area (Å²) in [6.07, 6.45) is 5.62. The number of hydrogen-bond acceptors (Lipinski definition) is 2. The van der Waals surface area contributed by atoms with Crippen LogP contribution in [0, 0.1) is 0 Å². The summed E-state index contributed by atoms with van der Waals surface area (Å²) in [6.45, 7) is 4.68. The number of anilines is 5. The highest BCUT2D eigenvalue weighted by Gasteiger charge is 2.35. The van der Waals surface area contributed by atoms with Gasteiger partial charge in [0, 0.05) is 39.9 Å². The molecule has 2 aliphatic rings. The molecule has 2 aliphatic carbocycles. The fourth-order valence-corrected chi connectivity index (χ4v) is 9.47. The lowest BCUT2D eigenvalue weighted by Crippen LogP contribution is -2.32. The van der Waals surface area contributed by atoms with Crippen LogP contribution in [0.3, 0.4) is 0 Å². The molecule has 0 fully saturated rings. The van der Waals surface area contributed by atoms with Gasteiger partial charge in [-0.3, -0.25) is 0 Å². The van der Waals surface area contributed by atoms with Gasteiger partial charge in [-0.25, -0.2) is 0 Å². The maximum Gasteiger partial charge on any atom is 0.0468 e. The maximum atomic E-state index is 2.56. The van der Waals surface area contributed by atoms with Gasteiger partial charge in [-0.05, 0) is 136 Å². The van der Waals surface area contributed by atoms with Crippen molar-refractivity contribution in [1.29, 1.82) is 0 Å². The zero-order valence-electron chi connectivity index (χ0n) is 33.8. The van der Waals surface area contributed by atoms with E-state index < -0.39 is 0 Å². The van der Waals surface area contributed by atoms with Crippen LogP contribution in [0.5, 0.6) is 0 Å². The predicted octanol–water partition coefficient (Wildman–Crippen LogP) is 15.6. The van der Waals surface area contributed by atoms with Gasteiger partial charge in [0.05, 0.1) is 0 Å². The van der Waals surface area contributed by atoms with E-state index in [-0.39, 0.29) is 5.41 Å². The van der Waals surface area contributed by atoms with Crippen molar-refractivity contribution < 1.29 is 0 Å². The first-order valence-electron chi connectivity index (χ1n) is 21.0. The van der Waals surface area contributed by atoms with Crippen LogP contribution in [0.25, 0.3) is 39.0 Å². The van der Waals surface area contributed by atoms with Crippen molar-refractivity contribution in [3.8, 4) is 33.4 Å². The molecule has 0 heterocycles. The molecule has 286 valence electrons. The van der Waals surface area contributed by atoms with E-state index in [1.165, 1.54) is 67.0 Å². The highest BCUT2D eigenvalue weighted by molar-refractivity contribution is 5.87. The van der Waals surface area contributed by atoms with Crippen LogP contribution in [0.4, 0.5) is 28.4 Å². The molecule has 8 aromatic rings. The predicted molar refractivity (Wildman–Crippen MR) is 250 cm³/mol. The van der Waals surface area contributed by atoms with Crippen molar-refractivity contribution in [3.63, 3.8) is 0 Å². The van der Waals surface area contributed by atoms with E-state index in [9.17, 15) is 0 Å². The van der Waals surface area contributed by atoms with Gasteiger partial charge in [0.15, 0.2) is 0 Å². The zero-order chi connectivity index (χ0) is 39.8. The lowest BCUT2D eigenvalue weighted by atomic mass is 9.82. The SMILES string of the molecule is CC1(C)c2ccccc2-c2cc(N(c3ccccc3)c3ccc(-c4ccc(N(c5ccc(-c6ccccc6)cc5)C5CC=C(c6ccccc6)CC5)cc4)cc3)ccc21. The van der Waals surface area contributed by atoms with Gasteiger partial charge in [-0.2, -0.15) is 0 Å². The van der Waals surface area contributed by atoms with E-state index in [0.29, 0.717) is 6.04 Å². The Kier molecular flexibility index (Phi) is 9.55. The molecule has 0 saturated heterocycles. The van der Waals surface area contributed by atoms with E-state index in [1.54, 1.807) is 0 Å². The summed E-state index contributed by atoms with van der Waals surface area (Å²) in [5, 5.41) is 0. The first kappa shape index (κ1) is 36.4. The van der Waals surface area contributed by atoms with Crippen LogP contribution in [0.15, 0.2) is 212 Å². The Labute approximate surface area is 349 Å². The minimum absolute atomic E-state index is 0.0252. The molecule has 2 nitrogen and oxygen atoms in total. The van der Waals surface area contributed by atoms with Crippen molar-refractivity contribution in [2.24, 2.45) is 0 Å². The quantitative estimate of drug-likeness (QED) is 0.145. The zero-order valence-corrected chi connectivity index (χ0v) is 33.8. The third-order valence-electron chi connectivity index (χ3n) is 12.6. The monoisotopic (exact) mass is 760 g/mol. The summed E-state index contributed by atoms with van der Waals surface area (Å²) in [5.41, 5.74) is 19.0. The van der Waals surface area contributed by atoms with Crippen molar-refractivity contribution in [2.45, 2.75) is 44.6 Å². The van der Waals surface area contributed by atoms with Gasteiger partial charge in [0.2, 0.25) is 0 Å². The van der Waals surface area contributed by atoms with Crippen molar-refractivity contribution in [1.82, 2.24) is 0 Å². The Balaban J connectivity index is 0.954. The Bertz CT molecular complexity index is 2730. The van der Waals surface area contributed by atoms with Gasteiger partial charge in [-0.15, -0.1) is 0 Å². The molecule has 1 atom stereocenters. The summed E-state index contributed by atoms with van der Waals surface area (Å²) in [7, 11) is 0. The lowest BCUT2D eigenvalue weighted by molar-refractivity contribution is 0.598. The Morgan fingerprint density at radius 1 is 0.407 bits per heavy atom. The second-order valence-corrected chi connectivity index (χ2v) is 16.5. The molecule has 2 heteroatoms. The number of hydrogen-bond donors (Lipinski definition) is 0. The molecule has 0 N–H and O–H groups in total.